The summed E-state index contributed by atoms with van der Waals surface area (Å²) in [6, 6.07) is 0. The quantitative estimate of drug-likeness (QED) is 0.760. The lowest BCUT2D eigenvalue weighted by Gasteiger charge is -2.34. The molecular weight excluding hydrogens is 383 g/mol. The highest BCUT2D eigenvalue weighted by atomic mass is 19.4. The van der Waals surface area contributed by atoms with E-state index in [1.165, 1.54) is 4.90 Å². The van der Waals surface area contributed by atoms with Gasteiger partial charge in [0.2, 0.25) is 5.95 Å². The first-order chi connectivity index (χ1) is 13.0. The molecule has 1 saturated heterocycles. The second-order valence-electron chi connectivity index (χ2n) is 7.03. The maximum atomic E-state index is 12.6. The average Bonchev–Trinajstić information content (AvgIpc) is 2.59. The number of halogens is 3. The lowest BCUT2D eigenvalue weighted by Crippen LogP contribution is -2.50. The van der Waals surface area contributed by atoms with Crippen LogP contribution in [0.1, 0.15) is 26.3 Å². The molecule has 0 aliphatic carbocycles. The van der Waals surface area contributed by atoms with E-state index in [2.05, 4.69) is 9.97 Å². The van der Waals surface area contributed by atoms with E-state index in [1.54, 1.807) is 25.7 Å². The van der Waals surface area contributed by atoms with Crippen molar-refractivity contribution in [3.8, 4) is 0 Å². The van der Waals surface area contributed by atoms with E-state index in [-0.39, 0.29) is 18.5 Å². The Morgan fingerprint density at radius 1 is 1.11 bits per heavy atom. The van der Waals surface area contributed by atoms with Crippen LogP contribution in [0.2, 0.25) is 0 Å². The van der Waals surface area contributed by atoms with Gasteiger partial charge in [-0.2, -0.15) is 18.7 Å². The van der Waals surface area contributed by atoms with Gasteiger partial charge in [-0.25, -0.2) is 14.8 Å². The molecule has 0 bridgehead atoms. The van der Waals surface area contributed by atoms with Gasteiger partial charge in [0.1, 0.15) is 5.60 Å². The Hall–Kier alpha value is -2.63. The van der Waals surface area contributed by atoms with Gasteiger partial charge in [0.25, 0.3) is 5.91 Å². The molecular formula is C16H22F3N5O4. The number of ether oxygens (including phenoxy) is 1. The summed E-state index contributed by atoms with van der Waals surface area (Å²) in [6.07, 6.45) is -3.83. The number of piperazine rings is 1. The molecule has 1 N–H and O–H groups in total. The molecule has 28 heavy (non-hydrogen) atoms. The molecule has 1 aliphatic heterocycles. The van der Waals surface area contributed by atoms with Crippen molar-refractivity contribution in [2.75, 3.05) is 37.7 Å². The van der Waals surface area contributed by atoms with Crippen LogP contribution in [0.4, 0.5) is 23.9 Å². The fraction of sp³-hybridized carbons (Fsp3) is 0.625. The molecule has 1 aromatic rings. The van der Waals surface area contributed by atoms with Crippen molar-refractivity contribution >= 4 is 17.9 Å². The molecule has 0 atom stereocenters. The number of carbonyl (C=O) groups is 2. The number of carbonyl (C=O) groups excluding carboxylic acids is 2. The second kappa shape index (κ2) is 8.59. The number of alkyl halides is 3. The maximum absolute atomic E-state index is 12.6. The lowest BCUT2D eigenvalue weighted by atomic mass is 10.2. The zero-order valence-corrected chi connectivity index (χ0v) is 15.7. The standard InChI is InChI=1S/C16H22F3N5O4/c1-15(2,3)28-14(26)22-27-10-12(25)23-4-6-24(7-5-23)13-20-8-11(9-21-13)16(17,18)19/h8-9H,4-7,10H2,1-3H3,(H,22,26). The molecule has 1 fully saturated rings. The van der Waals surface area contributed by atoms with Gasteiger partial charge in [-0.3, -0.25) is 9.63 Å². The summed E-state index contributed by atoms with van der Waals surface area (Å²) >= 11 is 0. The second-order valence-corrected chi connectivity index (χ2v) is 7.03. The minimum Gasteiger partial charge on any atom is -0.442 e. The lowest BCUT2D eigenvalue weighted by molar-refractivity contribution is -0.139. The topological polar surface area (TPSA) is 96.9 Å². The van der Waals surface area contributed by atoms with E-state index in [0.29, 0.717) is 26.2 Å². The van der Waals surface area contributed by atoms with Crippen LogP contribution in [0, 0.1) is 0 Å². The third-order valence-electron chi connectivity index (χ3n) is 3.63. The Morgan fingerprint density at radius 2 is 1.68 bits per heavy atom. The Morgan fingerprint density at radius 3 is 2.18 bits per heavy atom. The molecule has 2 rings (SSSR count). The molecule has 12 heteroatoms. The number of aromatic nitrogens is 2. The third-order valence-corrected chi connectivity index (χ3v) is 3.63. The van der Waals surface area contributed by atoms with Crippen LogP contribution in [-0.4, -0.2) is 65.3 Å². The van der Waals surface area contributed by atoms with Gasteiger partial charge in [-0.1, -0.05) is 0 Å². The highest BCUT2D eigenvalue weighted by Gasteiger charge is 2.32. The number of rotatable bonds is 4. The summed E-state index contributed by atoms with van der Waals surface area (Å²) in [4.78, 5) is 39.1. The third kappa shape index (κ3) is 6.51. The van der Waals surface area contributed by atoms with Gasteiger partial charge in [0, 0.05) is 38.6 Å². The van der Waals surface area contributed by atoms with Crippen molar-refractivity contribution in [1.29, 1.82) is 0 Å². The van der Waals surface area contributed by atoms with Crippen molar-refractivity contribution in [2.45, 2.75) is 32.5 Å². The van der Waals surface area contributed by atoms with E-state index >= 15 is 0 Å². The zero-order chi connectivity index (χ0) is 20.9. The highest BCUT2D eigenvalue weighted by molar-refractivity contribution is 5.78. The normalized spacial score (nSPS) is 15.4. The Labute approximate surface area is 159 Å². The fourth-order valence-corrected chi connectivity index (χ4v) is 2.33. The molecule has 0 radical (unpaired) electrons. The van der Waals surface area contributed by atoms with Crippen LogP contribution in [0.5, 0.6) is 0 Å². The van der Waals surface area contributed by atoms with Gasteiger partial charge in [0.05, 0.1) is 5.56 Å². The van der Waals surface area contributed by atoms with E-state index in [0.717, 1.165) is 12.4 Å². The van der Waals surface area contributed by atoms with Gasteiger partial charge < -0.3 is 14.5 Å². The van der Waals surface area contributed by atoms with Crippen molar-refractivity contribution in [3.05, 3.63) is 18.0 Å². The Kier molecular flexibility index (Phi) is 6.65. The smallest absolute Gasteiger partial charge is 0.431 e. The number of anilines is 1. The molecule has 1 aliphatic rings. The van der Waals surface area contributed by atoms with Gasteiger partial charge in [0.15, 0.2) is 6.61 Å². The molecule has 1 aromatic heterocycles. The minimum absolute atomic E-state index is 0.169. The van der Waals surface area contributed by atoms with Gasteiger partial charge in [-0.15, -0.1) is 0 Å². The first kappa shape index (κ1) is 21.7. The summed E-state index contributed by atoms with van der Waals surface area (Å²) in [7, 11) is 0. The predicted molar refractivity (Wildman–Crippen MR) is 91.1 cm³/mol. The van der Waals surface area contributed by atoms with Crippen molar-refractivity contribution < 1.29 is 32.3 Å². The van der Waals surface area contributed by atoms with Crippen LogP contribution in [0.3, 0.4) is 0 Å². The summed E-state index contributed by atoms with van der Waals surface area (Å²) < 4.78 is 42.6. The molecule has 0 aromatic carbocycles. The van der Waals surface area contributed by atoms with Crippen LogP contribution in [-0.2, 0) is 20.5 Å². The van der Waals surface area contributed by atoms with Gasteiger partial charge in [-0.05, 0) is 20.8 Å². The summed E-state index contributed by atoms with van der Waals surface area (Å²) in [5.41, 5.74) is 0.427. The number of amides is 2. The molecule has 9 nitrogen and oxygen atoms in total. The van der Waals surface area contributed by atoms with Crippen LogP contribution >= 0.6 is 0 Å². The van der Waals surface area contributed by atoms with Crippen LogP contribution in [0.25, 0.3) is 0 Å². The predicted octanol–water partition coefficient (Wildman–Crippen LogP) is 1.60. The minimum atomic E-state index is -4.49. The maximum Gasteiger partial charge on any atom is 0.431 e. The highest BCUT2D eigenvalue weighted by Crippen LogP contribution is 2.28. The summed E-state index contributed by atoms with van der Waals surface area (Å²) in [6.45, 7) is 6.06. The zero-order valence-electron chi connectivity index (χ0n) is 15.7. The first-order valence-electron chi connectivity index (χ1n) is 8.48. The van der Waals surface area contributed by atoms with Crippen molar-refractivity contribution in [1.82, 2.24) is 20.3 Å². The number of nitrogens with zero attached hydrogens (tertiary/aromatic N) is 4. The molecule has 2 heterocycles. The first-order valence-corrected chi connectivity index (χ1v) is 8.48. The number of hydrogen-bond donors (Lipinski definition) is 1. The summed E-state index contributed by atoms with van der Waals surface area (Å²) in [5.74, 6) is -0.174. The fourth-order valence-electron chi connectivity index (χ4n) is 2.33. The van der Waals surface area contributed by atoms with Crippen molar-refractivity contribution in [2.24, 2.45) is 0 Å². The van der Waals surface area contributed by atoms with E-state index in [9.17, 15) is 22.8 Å². The number of hydroxylamine groups is 1. The van der Waals surface area contributed by atoms with E-state index < -0.39 is 23.4 Å². The Balaban J connectivity index is 1.75. The van der Waals surface area contributed by atoms with Crippen LogP contribution in [0.15, 0.2) is 12.4 Å². The average molecular weight is 405 g/mol. The monoisotopic (exact) mass is 405 g/mol. The number of nitrogens with one attached hydrogen (secondary N) is 1. The molecule has 0 saturated carbocycles. The van der Waals surface area contributed by atoms with Crippen LogP contribution < -0.4 is 10.4 Å². The largest absolute Gasteiger partial charge is 0.442 e. The Bertz CT molecular complexity index is 683. The van der Waals surface area contributed by atoms with E-state index in [4.69, 9.17) is 9.57 Å². The SMILES string of the molecule is CC(C)(C)OC(=O)NOCC(=O)N1CCN(c2ncc(C(F)(F)F)cn2)CC1. The molecule has 0 spiro atoms. The summed E-state index contributed by atoms with van der Waals surface area (Å²) in [5, 5.41) is 0. The molecule has 156 valence electrons. The number of hydrogen-bond acceptors (Lipinski definition) is 7. The van der Waals surface area contributed by atoms with E-state index in [1.807, 2.05) is 5.48 Å². The molecule has 2 amide bonds. The molecule has 0 unspecified atom stereocenters. The van der Waals surface area contributed by atoms with Crippen molar-refractivity contribution in [3.63, 3.8) is 0 Å². The van der Waals surface area contributed by atoms with Gasteiger partial charge >= 0.3 is 12.3 Å².